The Bertz CT molecular complexity index is 568. The normalized spacial score (nSPS) is 17.6. The monoisotopic (exact) mass is 268 g/mol. The molecule has 1 aromatic heterocycles. The number of ether oxygens (including phenoxy) is 1. The Labute approximate surface area is 120 Å². The van der Waals surface area contributed by atoms with E-state index in [1.54, 1.807) is 7.11 Å². The van der Waals surface area contributed by atoms with Gasteiger partial charge in [0, 0.05) is 25.0 Å². The molecular weight excluding hydrogens is 248 g/mol. The first-order valence-electron chi connectivity index (χ1n) is 7.16. The molecule has 104 valence electrons. The zero-order valence-corrected chi connectivity index (χ0v) is 11.8. The Morgan fingerprint density at radius 1 is 1.25 bits per heavy atom. The van der Waals surface area contributed by atoms with Crippen molar-refractivity contribution in [1.29, 1.82) is 0 Å². The van der Waals surface area contributed by atoms with E-state index in [1.165, 1.54) is 29.5 Å². The largest absolute Gasteiger partial charge is 0.497 e. The summed E-state index contributed by atoms with van der Waals surface area (Å²) in [6.07, 6.45) is 7.27. The third-order valence-corrected chi connectivity index (χ3v) is 3.97. The lowest BCUT2D eigenvalue weighted by atomic mass is 9.87. The van der Waals surface area contributed by atoms with Crippen LogP contribution in [0.3, 0.4) is 0 Å². The fourth-order valence-electron chi connectivity index (χ4n) is 2.87. The molecule has 3 nitrogen and oxygen atoms in total. The number of nitrogens with one attached hydrogen (secondary N) is 1. The van der Waals surface area contributed by atoms with Crippen LogP contribution in [0.25, 0.3) is 0 Å². The lowest BCUT2D eigenvalue weighted by Crippen LogP contribution is -2.24. The van der Waals surface area contributed by atoms with Gasteiger partial charge in [-0.2, -0.15) is 0 Å². The number of hydrogen-bond acceptors (Lipinski definition) is 3. The second-order valence-corrected chi connectivity index (χ2v) is 5.25. The highest BCUT2D eigenvalue weighted by Crippen LogP contribution is 2.32. The van der Waals surface area contributed by atoms with E-state index in [4.69, 9.17) is 4.74 Å². The van der Waals surface area contributed by atoms with Gasteiger partial charge in [0.25, 0.3) is 0 Å². The molecule has 1 aliphatic rings. The molecule has 1 atom stereocenters. The summed E-state index contributed by atoms with van der Waals surface area (Å²) >= 11 is 0. The number of methoxy groups -OCH3 is 1. The highest BCUT2D eigenvalue weighted by molar-refractivity contribution is 5.39. The van der Waals surface area contributed by atoms with Crippen LogP contribution in [-0.2, 0) is 13.0 Å². The summed E-state index contributed by atoms with van der Waals surface area (Å²) in [7, 11) is 1.73. The molecule has 3 heteroatoms. The van der Waals surface area contributed by atoms with Crippen molar-refractivity contribution in [2.75, 3.05) is 7.11 Å². The van der Waals surface area contributed by atoms with Crippen LogP contribution in [-0.4, -0.2) is 12.1 Å². The Balaban J connectivity index is 1.73. The van der Waals surface area contributed by atoms with E-state index in [-0.39, 0.29) is 0 Å². The highest BCUT2D eigenvalue weighted by atomic mass is 16.5. The molecule has 2 aromatic rings. The summed E-state index contributed by atoms with van der Waals surface area (Å²) in [4.78, 5) is 4.05. The number of aryl methyl sites for hydroxylation is 1. The number of pyridine rings is 1. The number of fused-ring (bicyclic) bond motifs is 1. The fourth-order valence-corrected chi connectivity index (χ4v) is 2.87. The van der Waals surface area contributed by atoms with Crippen LogP contribution in [0.5, 0.6) is 5.75 Å². The van der Waals surface area contributed by atoms with E-state index in [9.17, 15) is 0 Å². The van der Waals surface area contributed by atoms with Crippen molar-refractivity contribution in [3.05, 3.63) is 59.4 Å². The average Bonchev–Trinajstić information content (AvgIpc) is 2.53. The molecule has 0 spiro atoms. The highest BCUT2D eigenvalue weighted by Gasteiger charge is 2.20. The van der Waals surface area contributed by atoms with Gasteiger partial charge in [-0.25, -0.2) is 0 Å². The van der Waals surface area contributed by atoms with E-state index in [0.29, 0.717) is 6.04 Å². The van der Waals surface area contributed by atoms with Crippen molar-refractivity contribution >= 4 is 0 Å². The minimum atomic E-state index is 0.442. The van der Waals surface area contributed by atoms with E-state index in [0.717, 1.165) is 18.7 Å². The number of nitrogens with zero attached hydrogens (tertiary/aromatic N) is 1. The van der Waals surface area contributed by atoms with Gasteiger partial charge in [0.2, 0.25) is 0 Å². The van der Waals surface area contributed by atoms with E-state index in [2.05, 4.69) is 40.6 Å². The van der Waals surface area contributed by atoms with Gasteiger partial charge in [-0.3, -0.25) is 4.98 Å². The van der Waals surface area contributed by atoms with Crippen LogP contribution in [0, 0.1) is 0 Å². The number of aromatic nitrogens is 1. The molecule has 0 bridgehead atoms. The zero-order valence-electron chi connectivity index (χ0n) is 11.8. The summed E-state index contributed by atoms with van der Waals surface area (Å²) < 4.78 is 5.32. The second kappa shape index (κ2) is 6.06. The first kappa shape index (κ1) is 13.1. The summed E-state index contributed by atoms with van der Waals surface area (Å²) in [5.74, 6) is 0.957. The molecule has 1 aromatic carbocycles. The third kappa shape index (κ3) is 2.83. The average molecular weight is 268 g/mol. The third-order valence-electron chi connectivity index (χ3n) is 3.97. The van der Waals surface area contributed by atoms with Crippen molar-refractivity contribution in [1.82, 2.24) is 10.3 Å². The summed E-state index contributed by atoms with van der Waals surface area (Å²) in [5, 5.41) is 3.66. The minimum Gasteiger partial charge on any atom is -0.497 e. The summed E-state index contributed by atoms with van der Waals surface area (Å²) in [5.41, 5.74) is 4.12. The number of benzene rings is 1. The quantitative estimate of drug-likeness (QED) is 0.924. The first-order chi connectivity index (χ1) is 9.86. The summed E-state index contributed by atoms with van der Waals surface area (Å²) in [6.45, 7) is 0.888. The van der Waals surface area contributed by atoms with E-state index in [1.807, 2.05) is 12.4 Å². The molecule has 0 fully saturated rings. The second-order valence-electron chi connectivity index (χ2n) is 5.25. The van der Waals surface area contributed by atoms with Crippen LogP contribution in [0.15, 0.2) is 42.7 Å². The molecule has 0 saturated heterocycles. The van der Waals surface area contributed by atoms with Gasteiger partial charge in [-0.15, -0.1) is 0 Å². The van der Waals surface area contributed by atoms with Crippen molar-refractivity contribution in [3.63, 3.8) is 0 Å². The van der Waals surface area contributed by atoms with Gasteiger partial charge in [-0.1, -0.05) is 6.07 Å². The van der Waals surface area contributed by atoms with Crippen LogP contribution in [0.2, 0.25) is 0 Å². The standard InChI is InChI=1S/C17H20N2O/c1-20-15-5-6-16-14(11-15)3-2-4-17(16)19-12-13-7-9-18-10-8-13/h5-11,17,19H,2-4,12H2,1H3. The van der Waals surface area contributed by atoms with Crippen LogP contribution >= 0.6 is 0 Å². The van der Waals surface area contributed by atoms with E-state index < -0.39 is 0 Å². The molecule has 1 unspecified atom stereocenters. The van der Waals surface area contributed by atoms with Gasteiger partial charge in [0.05, 0.1) is 7.11 Å². The number of rotatable bonds is 4. The molecule has 0 radical (unpaired) electrons. The van der Waals surface area contributed by atoms with Crippen LogP contribution < -0.4 is 10.1 Å². The van der Waals surface area contributed by atoms with Gasteiger partial charge in [0.15, 0.2) is 0 Å². The number of hydrogen-bond donors (Lipinski definition) is 1. The van der Waals surface area contributed by atoms with E-state index >= 15 is 0 Å². The lowest BCUT2D eigenvalue weighted by Gasteiger charge is -2.27. The topological polar surface area (TPSA) is 34.1 Å². The predicted octanol–water partition coefficient (Wildman–Crippen LogP) is 3.26. The Morgan fingerprint density at radius 3 is 2.90 bits per heavy atom. The molecule has 0 saturated carbocycles. The molecule has 1 heterocycles. The van der Waals surface area contributed by atoms with Crippen LogP contribution in [0.4, 0.5) is 0 Å². The van der Waals surface area contributed by atoms with Crippen molar-refractivity contribution < 1.29 is 4.74 Å². The molecular formula is C17H20N2O. The predicted molar refractivity (Wildman–Crippen MR) is 79.7 cm³/mol. The van der Waals surface area contributed by atoms with Crippen molar-refractivity contribution in [2.24, 2.45) is 0 Å². The molecule has 0 aliphatic heterocycles. The zero-order chi connectivity index (χ0) is 13.8. The first-order valence-corrected chi connectivity index (χ1v) is 7.16. The van der Waals surface area contributed by atoms with Gasteiger partial charge in [0.1, 0.15) is 5.75 Å². The Hall–Kier alpha value is -1.87. The maximum Gasteiger partial charge on any atom is 0.119 e. The lowest BCUT2D eigenvalue weighted by molar-refractivity contribution is 0.410. The fraction of sp³-hybridized carbons (Fsp3) is 0.353. The molecule has 20 heavy (non-hydrogen) atoms. The SMILES string of the molecule is COc1ccc2c(c1)CCCC2NCc1ccncc1. The van der Waals surface area contributed by atoms with Gasteiger partial charge < -0.3 is 10.1 Å². The van der Waals surface area contributed by atoms with Gasteiger partial charge in [-0.05, 0) is 60.2 Å². The maximum absolute atomic E-state index is 5.32. The molecule has 1 aliphatic carbocycles. The molecule has 1 N–H and O–H groups in total. The maximum atomic E-state index is 5.32. The van der Waals surface area contributed by atoms with Crippen molar-refractivity contribution in [3.8, 4) is 5.75 Å². The summed E-state index contributed by atoms with van der Waals surface area (Å²) in [6, 6.07) is 11.0. The minimum absolute atomic E-state index is 0.442. The smallest absolute Gasteiger partial charge is 0.119 e. The molecule has 3 rings (SSSR count). The Kier molecular flexibility index (Phi) is 3.97. The van der Waals surface area contributed by atoms with Crippen molar-refractivity contribution in [2.45, 2.75) is 31.8 Å². The van der Waals surface area contributed by atoms with Gasteiger partial charge >= 0.3 is 0 Å². The van der Waals surface area contributed by atoms with Crippen LogP contribution in [0.1, 0.15) is 35.6 Å². The molecule has 0 amide bonds. The Morgan fingerprint density at radius 2 is 2.10 bits per heavy atom.